The number of ether oxygens (including phenoxy) is 1. The van der Waals surface area contributed by atoms with Gasteiger partial charge in [-0.2, -0.15) is 0 Å². The molecule has 4 heteroatoms. The highest BCUT2D eigenvalue weighted by molar-refractivity contribution is 5.67. The smallest absolute Gasteiger partial charge is 0.303 e. The second-order valence-corrected chi connectivity index (χ2v) is 5.81. The highest BCUT2D eigenvalue weighted by Crippen LogP contribution is 2.22. The predicted molar refractivity (Wildman–Crippen MR) is 82.5 cm³/mol. The summed E-state index contributed by atoms with van der Waals surface area (Å²) in [5.74, 6) is 0.613. The van der Waals surface area contributed by atoms with Crippen molar-refractivity contribution in [2.45, 2.75) is 39.2 Å². The fraction of sp³-hybridized carbons (Fsp3) is 0.588. The molecule has 0 aromatic heterocycles. The summed E-state index contributed by atoms with van der Waals surface area (Å²) in [6, 6.07) is 8.27. The number of carboxylic acids is 1. The molecule has 0 aliphatic carbocycles. The molecule has 0 unspecified atom stereocenters. The lowest BCUT2D eigenvalue weighted by atomic mass is 9.93. The Morgan fingerprint density at radius 3 is 2.81 bits per heavy atom. The summed E-state index contributed by atoms with van der Waals surface area (Å²) in [5, 5.41) is 8.84. The topological polar surface area (TPSA) is 49.8 Å². The zero-order valence-corrected chi connectivity index (χ0v) is 12.8. The van der Waals surface area contributed by atoms with Gasteiger partial charge < -0.3 is 9.84 Å². The SMILES string of the molecule is CCCOc1cccc(CN2CCC(CC(=O)O)CC2)c1. The van der Waals surface area contributed by atoms with Gasteiger partial charge in [-0.3, -0.25) is 9.69 Å². The maximum Gasteiger partial charge on any atom is 0.303 e. The molecule has 0 bridgehead atoms. The van der Waals surface area contributed by atoms with Gasteiger partial charge in [0.05, 0.1) is 6.61 Å². The molecule has 0 radical (unpaired) electrons. The van der Waals surface area contributed by atoms with Crippen molar-refractivity contribution in [3.8, 4) is 5.75 Å². The Bertz CT molecular complexity index is 453. The van der Waals surface area contributed by atoms with Crippen molar-refractivity contribution in [2.75, 3.05) is 19.7 Å². The van der Waals surface area contributed by atoms with Crippen LogP contribution in [0.3, 0.4) is 0 Å². The van der Waals surface area contributed by atoms with Crippen LogP contribution in [0.15, 0.2) is 24.3 Å². The molecule has 1 aromatic rings. The second kappa shape index (κ2) is 8.03. The van der Waals surface area contributed by atoms with Gasteiger partial charge in [0.1, 0.15) is 5.75 Å². The molecule has 0 spiro atoms. The number of nitrogens with zero attached hydrogens (tertiary/aromatic N) is 1. The summed E-state index contributed by atoms with van der Waals surface area (Å²) in [6.45, 7) is 5.74. The molecule has 0 saturated carbocycles. The van der Waals surface area contributed by atoms with Crippen molar-refractivity contribution in [2.24, 2.45) is 5.92 Å². The third-order valence-electron chi connectivity index (χ3n) is 3.95. The largest absolute Gasteiger partial charge is 0.494 e. The number of aliphatic carboxylic acids is 1. The van der Waals surface area contributed by atoms with E-state index in [1.165, 1.54) is 5.56 Å². The van der Waals surface area contributed by atoms with Crippen LogP contribution in [0.25, 0.3) is 0 Å². The van der Waals surface area contributed by atoms with Crippen molar-refractivity contribution in [3.63, 3.8) is 0 Å². The highest BCUT2D eigenvalue weighted by atomic mass is 16.5. The van der Waals surface area contributed by atoms with Gasteiger partial charge in [0, 0.05) is 13.0 Å². The van der Waals surface area contributed by atoms with E-state index in [4.69, 9.17) is 9.84 Å². The molecule has 1 fully saturated rings. The van der Waals surface area contributed by atoms with E-state index in [1.54, 1.807) is 0 Å². The molecule has 1 aromatic carbocycles. The van der Waals surface area contributed by atoms with Crippen LogP contribution in [-0.2, 0) is 11.3 Å². The minimum absolute atomic E-state index is 0.314. The number of hydrogen-bond donors (Lipinski definition) is 1. The minimum Gasteiger partial charge on any atom is -0.494 e. The Morgan fingerprint density at radius 2 is 2.14 bits per heavy atom. The molecule has 0 amide bonds. The summed E-state index contributed by atoms with van der Waals surface area (Å²) in [5.41, 5.74) is 1.26. The third kappa shape index (κ3) is 5.38. The molecule has 2 rings (SSSR count). The number of hydrogen-bond acceptors (Lipinski definition) is 3. The van der Waals surface area contributed by atoms with Gasteiger partial charge in [0.2, 0.25) is 0 Å². The molecule has 116 valence electrons. The molecule has 0 atom stereocenters. The predicted octanol–water partition coefficient (Wildman–Crippen LogP) is 3.16. The molecule has 1 N–H and O–H groups in total. The Hall–Kier alpha value is -1.55. The fourth-order valence-electron chi connectivity index (χ4n) is 2.81. The van der Waals surface area contributed by atoms with Gasteiger partial charge in [0.15, 0.2) is 0 Å². The summed E-state index contributed by atoms with van der Waals surface area (Å²) in [7, 11) is 0. The Labute approximate surface area is 126 Å². The van der Waals surface area contributed by atoms with Crippen molar-refractivity contribution in [1.82, 2.24) is 4.90 Å². The van der Waals surface area contributed by atoms with Gasteiger partial charge in [-0.05, 0) is 56.0 Å². The number of carbonyl (C=O) groups is 1. The normalized spacial score (nSPS) is 16.8. The summed E-state index contributed by atoms with van der Waals surface area (Å²) in [6.07, 6.45) is 3.30. The number of benzene rings is 1. The van der Waals surface area contributed by atoms with Crippen LogP contribution in [0.4, 0.5) is 0 Å². The summed E-state index contributed by atoms with van der Waals surface area (Å²) < 4.78 is 5.66. The first-order valence-corrected chi connectivity index (χ1v) is 7.83. The second-order valence-electron chi connectivity index (χ2n) is 5.81. The van der Waals surface area contributed by atoms with Gasteiger partial charge in [-0.25, -0.2) is 0 Å². The molecule has 1 aliphatic heterocycles. The Balaban J connectivity index is 1.81. The standard InChI is InChI=1S/C17H25NO3/c1-2-10-21-16-5-3-4-15(11-16)13-18-8-6-14(7-9-18)12-17(19)20/h3-5,11,14H,2,6-10,12-13H2,1H3,(H,19,20). The first-order chi connectivity index (χ1) is 10.2. The molecule has 21 heavy (non-hydrogen) atoms. The van der Waals surface area contributed by atoms with Crippen molar-refractivity contribution >= 4 is 5.97 Å². The Morgan fingerprint density at radius 1 is 1.38 bits per heavy atom. The van der Waals surface area contributed by atoms with Gasteiger partial charge >= 0.3 is 5.97 Å². The van der Waals surface area contributed by atoms with E-state index in [0.29, 0.717) is 12.3 Å². The molecule has 1 aliphatic rings. The number of carboxylic acid groups (broad SMARTS) is 1. The lowest BCUT2D eigenvalue weighted by Crippen LogP contribution is -2.33. The molecule has 1 heterocycles. The first-order valence-electron chi connectivity index (χ1n) is 7.83. The van der Waals surface area contributed by atoms with Crippen LogP contribution in [0.1, 0.15) is 38.2 Å². The van der Waals surface area contributed by atoms with E-state index in [-0.39, 0.29) is 0 Å². The lowest BCUT2D eigenvalue weighted by molar-refractivity contribution is -0.138. The van der Waals surface area contributed by atoms with Crippen LogP contribution in [0.5, 0.6) is 5.75 Å². The van der Waals surface area contributed by atoms with E-state index in [2.05, 4.69) is 24.0 Å². The zero-order valence-electron chi connectivity index (χ0n) is 12.8. The average molecular weight is 291 g/mol. The van der Waals surface area contributed by atoms with Crippen molar-refractivity contribution in [3.05, 3.63) is 29.8 Å². The van der Waals surface area contributed by atoms with E-state index >= 15 is 0 Å². The van der Waals surface area contributed by atoms with E-state index in [1.807, 2.05) is 12.1 Å². The quantitative estimate of drug-likeness (QED) is 0.838. The zero-order chi connectivity index (χ0) is 15.1. The van der Waals surface area contributed by atoms with Crippen LogP contribution in [0, 0.1) is 5.92 Å². The van der Waals surface area contributed by atoms with Crippen LogP contribution >= 0.6 is 0 Å². The van der Waals surface area contributed by atoms with Crippen molar-refractivity contribution < 1.29 is 14.6 Å². The van der Waals surface area contributed by atoms with Gasteiger partial charge in [-0.1, -0.05) is 19.1 Å². The lowest BCUT2D eigenvalue weighted by Gasteiger charge is -2.31. The molecule has 1 saturated heterocycles. The molecular weight excluding hydrogens is 266 g/mol. The fourth-order valence-corrected chi connectivity index (χ4v) is 2.81. The van der Waals surface area contributed by atoms with E-state index < -0.39 is 5.97 Å². The molecule has 4 nitrogen and oxygen atoms in total. The Kier molecular flexibility index (Phi) is 6.05. The van der Waals surface area contributed by atoms with E-state index in [9.17, 15) is 4.79 Å². The highest BCUT2D eigenvalue weighted by Gasteiger charge is 2.21. The monoisotopic (exact) mass is 291 g/mol. The van der Waals surface area contributed by atoms with Gasteiger partial charge in [0.25, 0.3) is 0 Å². The average Bonchev–Trinajstić information content (AvgIpc) is 2.47. The maximum absolute atomic E-state index is 10.7. The minimum atomic E-state index is -0.672. The maximum atomic E-state index is 10.7. The summed E-state index contributed by atoms with van der Waals surface area (Å²) in [4.78, 5) is 13.1. The summed E-state index contributed by atoms with van der Waals surface area (Å²) >= 11 is 0. The number of rotatable bonds is 7. The van der Waals surface area contributed by atoms with Gasteiger partial charge in [-0.15, -0.1) is 0 Å². The number of piperidine rings is 1. The van der Waals surface area contributed by atoms with Crippen LogP contribution in [-0.4, -0.2) is 35.7 Å². The van der Waals surface area contributed by atoms with Crippen molar-refractivity contribution in [1.29, 1.82) is 0 Å². The first kappa shape index (κ1) is 15.8. The van der Waals surface area contributed by atoms with Crippen LogP contribution < -0.4 is 4.74 Å². The number of likely N-dealkylation sites (tertiary alicyclic amines) is 1. The van der Waals surface area contributed by atoms with Crippen LogP contribution in [0.2, 0.25) is 0 Å². The third-order valence-corrected chi connectivity index (χ3v) is 3.95. The van der Waals surface area contributed by atoms with E-state index in [0.717, 1.165) is 51.3 Å². The molecular formula is C17H25NO3.